The molecule has 0 saturated carbocycles. The zero-order valence-electron chi connectivity index (χ0n) is 13.7. The van der Waals surface area contributed by atoms with Crippen molar-refractivity contribution >= 4 is 11.5 Å². The van der Waals surface area contributed by atoms with Gasteiger partial charge < -0.3 is 10.4 Å². The summed E-state index contributed by atoms with van der Waals surface area (Å²) in [6.07, 6.45) is 0. The van der Waals surface area contributed by atoms with Crippen LogP contribution in [0.2, 0.25) is 0 Å². The second-order valence-corrected chi connectivity index (χ2v) is 6.60. The van der Waals surface area contributed by atoms with E-state index in [0.29, 0.717) is 5.69 Å². The molecule has 2 N–H and O–H groups in total. The standard InChI is InChI=1S/C18H24N2O/c1-11-12(2)17(19-13(3)16(11)21)20-15-9-7-14(8-10-15)18(4,5)6/h7-10,21H,1-6H3,(H,19,20). The molecular weight excluding hydrogens is 260 g/mol. The Hall–Kier alpha value is -2.03. The van der Waals surface area contributed by atoms with Crippen LogP contribution in [0.15, 0.2) is 24.3 Å². The van der Waals surface area contributed by atoms with Crippen LogP contribution in [0, 0.1) is 20.8 Å². The molecule has 3 nitrogen and oxygen atoms in total. The first-order valence-electron chi connectivity index (χ1n) is 7.24. The molecule has 0 bridgehead atoms. The SMILES string of the molecule is Cc1nc(Nc2ccc(C(C)(C)C)cc2)c(C)c(C)c1O. The van der Waals surface area contributed by atoms with Crippen LogP contribution in [0.1, 0.15) is 43.2 Å². The minimum Gasteiger partial charge on any atom is -0.506 e. The van der Waals surface area contributed by atoms with Crippen molar-refractivity contribution in [3.05, 3.63) is 46.6 Å². The average Bonchev–Trinajstić information content (AvgIpc) is 2.42. The number of anilines is 2. The number of aryl methyl sites for hydroxylation is 1. The van der Waals surface area contributed by atoms with Crippen LogP contribution in [0.5, 0.6) is 5.75 Å². The highest BCUT2D eigenvalue weighted by atomic mass is 16.3. The molecule has 0 amide bonds. The van der Waals surface area contributed by atoms with Crippen molar-refractivity contribution in [2.75, 3.05) is 5.32 Å². The van der Waals surface area contributed by atoms with Gasteiger partial charge in [-0.2, -0.15) is 0 Å². The summed E-state index contributed by atoms with van der Waals surface area (Å²) in [5.74, 6) is 1.08. The molecule has 0 spiro atoms. The highest BCUT2D eigenvalue weighted by molar-refractivity contribution is 5.63. The maximum absolute atomic E-state index is 9.91. The van der Waals surface area contributed by atoms with Crippen LogP contribution in [0.4, 0.5) is 11.5 Å². The lowest BCUT2D eigenvalue weighted by molar-refractivity contribution is 0.463. The molecule has 0 fully saturated rings. The Morgan fingerprint density at radius 3 is 2.05 bits per heavy atom. The molecule has 0 aliphatic carbocycles. The van der Waals surface area contributed by atoms with E-state index in [9.17, 15) is 5.11 Å². The molecule has 112 valence electrons. The largest absolute Gasteiger partial charge is 0.506 e. The Bertz CT molecular complexity index is 652. The quantitative estimate of drug-likeness (QED) is 0.836. The van der Waals surface area contributed by atoms with Gasteiger partial charge in [0.1, 0.15) is 11.6 Å². The van der Waals surface area contributed by atoms with Crippen molar-refractivity contribution in [3.8, 4) is 5.75 Å². The van der Waals surface area contributed by atoms with Crippen LogP contribution in [-0.4, -0.2) is 10.1 Å². The zero-order valence-corrected chi connectivity index (χ0v) is 13.7. The molecule has 0 radical (unpaired) electrons. The normalized spacial score (nSPS) is 11.5. The summed E-state index contributed by atoms with van der Waals surface area (Å²) in [6.45, 7) is 12.3. The topological polar surface area (TPSA) is 45.2 Å². The molecule has 21 heavy (non-hydrogen) atoms. The molecule has 1 heterocycles. The first kappa shape index (κ1) is 15.4. The Morgan fingerprint density at radius 2 is 1.52 bits per heavy atom. The van der Waals surface area contributed by atoms with Gasteiger partial charge in [-0.15, -0.1) is 0 Å². The molecule has 1 aromatic carbocycles. The fraction of sp³-hybridized carbons (Fsp3) is 0.389. The highest BCUT2D eigenvalue weighted by Gasteiger charge is 2.14. The fourth-order valence-corrected chi connectivity index (χ4v) is 2.24. The molecule has 3 heteroatoms. The lowest BCUT2D eigenvalue weighted by Gasteiger charge is -2.19. The summed E-state index contributed by atoms with van der Waals surface area (Å²) in [5.41, 5.74) is 4.94. The van der Waals surface area contributed by atoms with E-state index in [0.717, 1.165) is 22.6 Å². The van der Waals surface area contributed by atoms with E-state index in [4.69, 9.17) is 0 Å². The van der Waals surface area contributed by atoms with Crippen molar-refractivity contribution in [2.24, 2.45) is 0 Å². The van der Waals surface area contributed by atoms with E-state index < -0.39 is 0 Å². The monoisotopic (exact) mass is 284 g/mol. The van der Waals surface area contributed by atoms with Gasteiger partial charge in [0, 0.05) is 5.69 Å². The third-order valence-corrected chi connectivity index (χ3v) is 3.91. The Morgan fingerprint density at radius 1 is 0.952 bits per heavy atom. The summed E-state index contributed by atoms with van der Waals surface area (Å²) in [7, 11) is 0. The van der Waals surface area contributed by atoms with Crippen molar-refractivity contribution in [3.63, 3.8) is 0 Å². The molecule has 1 aromatic heterocycles. The number of nitrogens with zero attached hydrogens (tertiary/aromatic N) is 1. The van der Waals surface area contributed by atoms with Gasteiger partial charge in [0.15, 0.2) is 0 Å². The minimum absolute atomic E-state index is 0.151. The molecule has 0 aliphatic heterocycles. The maximum Gasteiger partial charge on any atom is 0.140 e. The number of hydrogen-bond donors (Lipinski definition) is 2. The minimum atomic E-state index is 0.151. The third-order valence-electron chi connectivity index (χ3n) is 3.91. The Labute approximate surface area is 127 Å². The number of hydrogen-bond acceptors (Lipinski definition) is 3. The molecule has 0 aliphatic rings. The molecule has 2 aromatic rings. The van der Waals surface area contributed by atoms with E-state index in [2.05, 4.69) is 55.3 Å². The Kier molecular flexibility index (Phi) is 3.95. The Balaban J connectivity index is 2.31. The van der Waals surface area contributed by atoms with E-state index in [1.807, 2.05) is 20.8 Å². The van der Waals surface area contributed by atoms with Crippen LogP contribution < -0.4 is 5.32 Å². The van der Waals surface area contributed by atoms with Gasteiger partial charge >= 0.3 is 0 Å². The number of aromatic nitrogens is 1. The van der Waals surface area contributed by atoms with Crippen molar-refractivity contribution in [1.82, 2.24) is 4.98 Å². The van der Waals surface area contributed by atoms with Gasteiger partial charge in [-0.25, -0.2) is 4.98 Å². The number of pyridine rings is 1. The summed E-state index contributed by atoms with van der Waals surface area (Å²) in [5, 5.41) is 13.3. The third kappa shape index (κ3) is 3.18. The predicted molar refractivity (Wildman–Crippen MR) is 88.5 cm³/mol. The number of rotatable bonds is 2. The van der Waals surface area contributed by atoms with Crippen LogP contribution >= 0.6 is 0 Å². The van der Waals surface area contributed by atoms with E-state index in [-0.39, 0.29) is 11.2 Å². The summed E-state index contributed by atoms with van der Waals surface area (Å²) in [4.78, 5) is 4.44. The second-order valence-electron chi connectivity index (χ2n) is 6.60. The van der Waals surface area contributed by atoms with Crippen molar-refractivity contribution < 1.29 is 5.11 Å². The zero-order chi connectivity index (χ0) is 15.8. The number of nitrogens with one attached hydrogen (secondary N) is 1. The fourth-order valence-electron chi connectivity index (χ4n) is 2.24. The van der Waals surface area contributed by atoms with Gasteiger partial charge in [-0.05, 0) is 55.0 Å². The first-order valence-corrected chi connectivity index (χ1v) is 7.24. The van der Waals surface area contributed by atoms with E-state index in [1.54, 1.807) is 0 Å². The lowest BCUT2D eigenvalue weighted by Crippen LogP contribution is -2.10. The summed E-state index contributed by atoms with van der Waals surface area (Å²) >= 11 is 0. The molecule has 0 atom stereocenters. The van der Waals surface area contributed by atoms with Gasteiger partial charge in [-0.1, -0.05) is 32.9 Å². The average molecular weight is 284 g/mol. The lowest BCUT2D eigenvalue weighted by atomic mass is 9.87. The second kappa shape index (κ2) is 5.40. The van der Waals surface area contributed by atoms with Crippen LogP contribution in [0.3, 0.4) is 0 Å². The smallest absolute Gasteiger partial charge is 0.140 e. The van der Waals surface area contributed by atoms with Crippen LogP contribution in [-0.2, 0) is 5.41 Å². The molecule has 0 unspecified atom stereocenters. The van der Waals surface area contributed by atoms with Crippen molar-refractivity contribution in [2.45, 2.75) is 47.0 Å². The van der Waals surface area contributed by atoms with E-state index >= 15 is 0 Å². The van der Waals surface area contributed by atoms with Crippen LogP contribution in [0.25, 0.3) is 0 Å². The molecule has 2 rings (SSSR count). The first-order chi connectivity index (χ1) is 9.70. The van der Waals surface area contributed by atoms with Gasteiger partial charge in [0.2, 0.25) is 0 Å². The van der Waals surface area contributed by atoms with Crippen molar-refractivity contribution in [1.29, 1.82) is 0 Å². The molecular formula is C18H24N2O. The van der Waals surface area contributed by atoms with Gasteiger partial charge in [0.25, 0.3) is 0 Å². The highest BCUT2D eigenvalue weighted by Crippen LogP contribution is 2.30. The maximum atomic E-state index is 9.91. The number of aromatic hydroxyl groups is 1. The summed E-state index contributed by atoms with van der Waals surface area (Å²) < 4.78 is 0. The number of benzene rings is 1. The molecule has 0 saturated heterocycles. The van der Waals surface area contributed by atoms with Gasteiger partial charge in [-0.3, -0.25) is 0 Å². The predicted octanol–water partition coefficient (Wildman–Crippen LogP) is 4.75. The van der Waals surface area contributed by atoms with E-state index in [1.165, 1.54) is 5.56 Å². The van der Waals surface area contributed by atoms with Gasteiger partial charge in [0.05, 0.1) is 5.69 Å². The summed E-state index contributed by atoms with van der Waals surface area (Å²) in [6, 6.07) is 8.41.